The minimum Gasteiger partial charge on any atom is -0.507 e. The summed E-state index contributed by atoms with van der Waals surface area (Å²) in [6.45, 7) is 12.3. The Kier molecular flexibility index (Phi) is 9.04. The second-order valence-corrected chi connectivity index (χ2v) is 11.7. The maximum absolute atomic E-state index is 13.2. The molecule has 0 atom stereocenters. The van der Waals surface area contributed by atoms with E-state index in [1.54, 1.807) is 6.20 Å². The number of aromatic nitrogens is 2. The van der Waals surface area contributed by atoms with Crippen LogP contribution in [0.3, 0.4) is 0 Å². The quantitative estimate of drug-likeness (QED) is 0.504. The first kappa shape index (κ1) is 28.7. The van der Waals surface area contributed by atoms with E-state index in [4.69, 9.17) is 0 Å². The molecule has 1 aromatic carbocycles. The molecule has 3 N–H and O–H groups in total. The minimum absolute atomic E-state index is 0. The first-order valence-electron chi connectivity index (χ1n) is 12.2. The fourth-order valence-corrected chi connectivity index (χ4v) is 4.41. The van der Waals surface area contributed by atoms with Crippen molar-refractivity contribution in [2.75, 3.05) is 24.3 Å². The molecule has 8 heteroatoms. The van der Waals surface area contributed by atoms with Gasteiger partial charge in [-0.2, -0.15) is 4.98 Å². The number of anilines is 2. The third kappa shape index (κ3) is 7.23. The summed E-state index contributed by atoms with van der Waals surface area (Å²) in [5.41, 5.74) is 1.68. The van der Waals surface area contributed by atoms with Gasteiger partial charge in [-0.3, -0.25) is 4.79 Å². The molecule has 0 spiro atoms. The van der Waals surface area contributed by atoms with Gasteiger partial charge in [0.15, 0.2) is 0 Å². The molecule has 0 unspecified atom stereocenters. The smallest absolute Gasteiger partial charge is 0.251 e. The number of phenolic OH excluding ortho intramolecular Hbond substituents is 1. The molecule has 2 aromatic rings. The van der Waals surface area contributed by atoms with E-state index >= 15 is 0 Å². The summed E-state index contributed by atoms with van der Waals surface area (Å²) in [5, 5.41) is 17.6. The number of hydrogen-bond acceptors (Lipinski definition) is 6. The summed E-state index contributed by atoms with van der Waals surface area (Å²) in [7, 11) is 3.92. The molecule has 1 heterocycles. The number of phenols is 1. The number of carbonyl (C=O) groups is 1. The Balaban J connectivity index is 0.00000432. The average Bonchev–Trinajstić information content (AvgIpc) is 2.73. The van der Waals surface area contributed by atoms with E-state index in [1.807, 2.05) is 37.2 Å². The number of aromatic hydroxyl groups is 1. The van der Waals surface area contributed by atoms with Gasteiger partial charge in [0, 0.05) is 49.1 Å². The predicted molar refractivity (Wildman–Crippen MR) is 146 cm³/mol. The van der Waals surface area contributed by atoms with Crippen LogP contribution in [0.25, 0.3) is 0 Å². The van der Waals surface area contributed by atoms with Crippen molar-refractivity contribution in [2.24, 2.45) is 0 Å². The van der Waals surface area contributed by atoms with Crippen LogP contribution in [-0.2, 0) is 10.8 Å². The lowest BCUT2D eigenvalue weighted by molar-refractivity contribution is 0.0926. The number of rotatable bonds is 5. The molecule has 1 aliphatic carbocycles. The normalized spacial score (nSPS) is 18.4. The lowest BCUT2D eigenvalue weighted by Crippen LogP contribution is -2.40. The molecule has 7 nitrogen and oxygen atoms in total. The van der Waals surface area contributed by atoms with Crippen molar-refractivity contribution in [3.63, 3.8) is 0 Å². The number of amides is 1. The van der Waals surface area contributed by atoms with Crippen LogP contribution < -0.4 is 15.5 Å². The van der Waals surface area contributed by atoms with E-state index < -0.39 is 0 Å². The highest BCUT2D eigenvalue weighted by Gasteiger charge is 2.29. The van der Waals surface area contributed by atoms with E-state index in [0.29, 0.717) is 23.3 Å². The van der Waals surface area contributed by atoms with Gasteiger partial charge in [-0.05, 0) is 54.7 Å². The second kappa shape index (κ2) is 11.0. The highest BCUT2D eigenvalue weighted by Crippen LogP contribution is 2.39. The summed E-state index contributed by atoms with van der Waals surface area (Å²) in [6, 6.07) is 6.00. The van der Waals surface area contributed by atoms with Crippen LogP contribution in [0.15, 0.2) is 24.4 Å². The zero-order chi connectivity index (χ0) is 25.3. The zero-order valence-corrected chi connectivity index (χ0v) is 23.2. The van der Waals surface area contributed by atoms with Crippen LogP contribution in [0.4, 0.5) is 11.8 Å². The average molecular weight is 504 g/mol. The maximum atomic E-state index is 13.2. The lowest BCUT2D eigenvalue weighted by atomic mass is 9.78. The number of hydrogen-bond donors (Lipinski definition) is 3. The van der Waals surface area contributed by atoms with Crippen molar-refractivity contribution in [1.29, 1.82) is 0 Å². The Morgan fingerprint density at radius 2 is 1.49 bits per heavy atom. The van der Waals surface area contributed by atoms with Crippen molar-refractivity contribution in [1.82, 2.24) is 15.3 Å². The standard InChI is InChI=1S/C27H41N5O2.ClH/c1-26(2,3)20-15-17(16-21(23(20)33)27(4,5)6)24(34)29-18-9-11-19(12-10-18)30-25-28-14-13-22(31-25)32(7)8;/h13-16,18-19,33H,9-12H2,1-8H3,(H,29,34)(H,28,30,31);1H. The summed E-state index contributed by atoms with van der Waals surface area (Å²) < 4.78 is 0. The molecule has 0 radical (unpaired) electrons. The molecule has 35 heavy (non-hydrogen) atoms. The van der Waals surface area contributed by atoms with Crippen LogP contribution in [0.2, 0.25) is 0 Å². The summed E-state index contributed by atoms with van der Waals surface area (Å²) >= 11 is 0. The van der Waals surface area contributed by atoms with Crippen LogP contribution in [0.1, 0.15) is 88.7 Å². The van der Waals surface area contributed by atoms with Crippen molar-refractivity contribution in [2.45, 2.75) is 90.1 Å². The molecular weight excluding hydrogens is 462 g/mol. The van der Waals surface area contributed by atoms with Crippen LogP contribution in [0.5, 0.6) is 5.75 Å². The van der Waals surface area contributed by atoms with Gasteiger partial charge in [-0.25, -0.2) is 4.98 Å². The molecule has 0 bridgehead atoms. The van der Waals surface area contributed by atoms with Gasteiger partial charge in [0.25, 0.3) is 5.91 Å². The Labute approximate surface area is 216 Å². The van der Waals surface area contributed by atoms with Gasteiger partial charge in [0.2, 0.25) is 5.95 Å². The molecule has 1 fully saturated rings. The van der Waals surface area contributed by atoms with Gasteiger partial charge in [-0.15, -0.1) is 12.4 Å². The number of halogens is 1. The Morgan fingerprint density at radius 3 is 1.97 bits per heavy atom. The fourth-order valence-electron chi connectivity index (χ4n) is 4.41. The van der Waals surface area contributed by atoms with E-state index in [1.165, 1.54) is 0 Å². The number of benzene rings is 1. The molecule has 1 amide bonds. The van der Waals surface area contributed by atoms with Crippen molar-refractivity contribution in [3.8, 4) is 5.75 Å². The van der Waals surface area contributed by atoms with Gasteiger partial charge in [-0.1, -0.05) is 41.5 Å². The summed E-state index contributed by atoms with van der Waals surface area (Å²) in [5.74, 6) is 1.74. The van der Waals surface area contributed by atoms with Gasteiger partial charge >= 0.3 is 0 Å². The number of carbonyl (C=O) groups excluding carboxylic acids is 1. The van der Waals surface area contributed by atoms with Gasteiger partial charge in [0.05, 0.1) is 0 Å². The van der Waals surface area contributed by atoms with Crippen LogP contribution in [0, 0.1) is 0 Å². The second-order valence-electron chi connectivity index (χ2n) is 11.7. The van der Waals surface area contributed by atoms with Gasteiger partial charge < -0.3 is 20.6 Å². The number of nitrogens with one attached hydrogen (secondary N) is 2. The van der Waals surface area contributed by atoms with Crippen molar-refractivity contribution < 1.29 is 9.90 Å². The van der Waals surface area contributed by atoms with Crippen molar-refractivity contribution in [3.05, 3.63) is 41.1 Å². The van der Waals surface area contributed by atoms with E-state index in [0.717, 1.165) is 42.6 Å². The summed E-state index contributed by atoms with van der Waals surface area (Å²) in [4.78, 5) is 24.1. The van der Waals surface area contributed by atoms with E-state index in [9.17, 15) is 9.90 Å². The maximum Gasteiger partial charge on any atom is 0.251 e. The van der Waals surface area contributed by atoms with Gasteiger partial charge in [0.1, 0.15) is 11.6 Å². The fraction of sp³-hybridized carbons (Fsp3) is 0.593. The lowest BCUT2D eigenvalue weighted by Gasteiger charge is -2.31. The monoisotopic (exact) mass is 503 g/mol. The predicted octanol–water partition coefficient (Wildman–Crippen LogP) is 5.42. The van der Waals surface area contributed by atoms with Crippen molar-refractivity contribution >= 4 is 30.1 Å². The molecule has 194 valence electrons. The van der Waals surface area contributed by atoms with E-state index in [2.05, 4.69) is 62.1 Å². The molecule has 0 saturated heterocycles. The molecule has 1 aliphatic rings. The molecular formula is C27H42ClN5O2. The number of nitrogens with zero attached hydrogens (tertiary/aromatic N) is 3. The Morgan fingerprint density at radius 1 is 0.971 bits per heavy atom. The molecule has 1 aromatic heterocycles. The largest absolute Gasteiger partial charge is 0.507 e. The zero-order valence-electron chi connectivity index (χ0n) is 22.4. The third-order valence-corrected chi connectivity index (χ3v) is 6.48. The van der Waals surface area contributed by atoms with Crippen LogP contribution >= 0.6 is 12.4 Å². The molecule has 3 rings (SSSR count). The Bertz CT molecular complexity index is 984. The Hall–Kier alpha value is -2.54. The first-order chi connectivity index (χ1) is 15.8. The molecule has 0 aliphatic heterocycles. The van der Waals surface area contributed by atoms with Crippen LogP contribution in [-0.4, -0.2) is 47.2 Å². The highest BCUT2D eigenvalue weighted by atomic mass is 35.5. The summed E-state index contributed by atoms with van der Waals surface area (Å²) in [6.07, 6.45) is 5.44. The highest BCUT2D eigenvalue weighted by molar-refractivity contribution is 5.95. The SMILES string of the molecule is CN(C)c1ccnc(NC2CCC(NC(=O)c3cc(C(C)(C)C)c(O)c(C(C)(C)C)c3)CC2)n1.Cl. The first-order valence-corrected chi connectivity index (χ1v) is 12.2. The minimum atomic E-state index is -0.268. The molecule has 1 saturated carbocycles. The topological polar surface area (TPSA) is 90.4 Å². The third-order valence-electron chi connectivity index (χ3n) is 6.48. The van der Waals surface area contributed by atoms with E-state index in [-0.39, 0.29) is 35.2 Å².